The van der Waals surface area contributed by atoms with E-state index in [0.29, 0.717) is 17.1 Å². The Bertz CT molecular complexity index is 960. The summed E-state index contributed by atoms with van der Waals surface area (Å²) in [7, 11) is 4.25. The van der Waals surface area contributed by atoms with E-state index in [2.05, 4.69) is 5.32 Å². The fourth-order valence-corrected chi connectivity index (χ4v) is 3.83. The molecular formula is C20H27N3O5S. The van der Waals surface area contributed by atoms with Crippen LogP contribution in [0.25, 0.3) is 0 Å². The molecule has 0 saturated carbocycles. The quantitative estimate of drug-likeness (QED) is 0.663. The Labute approximate surface area is 172 Å². The van der Waals surface area contributed by atoms with Gasteiger partial charge in [0.15, 0.2) is 11.5 Å². The van der Waals surface area contributed by atoms with Crippen LogP contribution in [0.3, 0.4) is 0 Å². The Kier molecular flexibility index (Phi) is 7.46. The molecule has 0 heterocycles. The van der Waals surface area contributed by atoms with E-state index < -0.39 is 10.0 Å². The molecule has 0 atom stereocenters. The summed E-state index contributed by atoms with van der Waals surface area (Å²) in [6, 6.07) is 12.0. The summed E-state index contributed by atoms with van der Waals surface area (Å²) in [6.45, 7) is 0.208. The fourth-order valence-electron chi connectivity index (χ4n) is 2.72. The van der Waals surface area contributed by atoms with Gasteiger partial charge in [-0.25, -0.2) is 12.7 Å². The lowest BCUT2D eigenvalue weighted by atomic mass is 10.2. The highest BCUT2D eigenvalue weighted by Crippen LogP contribution is 2.31. The molecule has 0 aliphatic rings. The lowest BCUT2D eigenvalue weighted by Crippen LogP contribution is -2.35. The highest BCUT2D eigenvalue weighted by molar-refractivity contribution is 7.89. The van der Waals surface area contributed by atoms with Crippen molar-refractivity contribution in [3.63, 3.8) is 0 Å². The summed E-state index contributed by atoms with van der Waals surface area (Å²) in [5.74, 6) is 0.937. The standard InChI is InChI=1S/C20H27N3O5S/c1-22(2)29(25,26)19-9-7-6-8-15(19)13-21-20(24)14-23(3)16-10-11-17(27-4)18(12-16)28-5/h6-12H,13-14H2,1-5H3,(H,21,24). The average Bonchev–Trinajstić information content (AvgIpc) is 2.71. The van der Waals surface area contributed by atoms with Crippen LogP contribution in [-0.4, -0.2) is 60.5 Å². The number of hydrogen-bond donors (Lipinski definition) is 1. The Morgan fingerprint density at radius 2 is 1.66 bits per heavy atom. The van der Waals surface area contributed by atoms with Gasteiger partial charge >= 0.3 is 0 Å². The SMILES string of the molecule is COc1ccc(N(C)CC(=O)NCc2ccccc2S(=O)(=O)N(C)C)cc1OC. The first-order valence-corrected chi connectivity index (χ1v) is 10.3. The van der Waals surface area contributed by atoms with Crippen molar-refractivity contribution in [2.45, 2.75) is 11.4 Å². The Morgan fingerprint density at radius 1 is 1.00 bits per heavy atom. The van der Waals surface area contributed by atoms with Gasteiger partial charge in [-0.2, -0.15) is 0 Å². The molecule has 0 aliphatic carbocycles. The van der Waals surface area contributed by atoms with E-state index in [0.717, 1.165) is 9.99 Å². The Balaban J connectivity index is 2.06. The monoisotopic (exact) mass is 421 g/mol. The highest BCUT2D eigenvalue weighted by atomic mass is 32.2. The maximum Gasteiger partial charge on any atom is 0.242 e. The zero-order valence-electron chi connectivity index (χ0n) is 17.3. The van der Waals surface area contributed by atoms with Gasteiger partial charge in [0.05, 0.1) is 25.7 Å². The topological polar surface area (TPSA) is 88.2 Å². The molecule has 29 heavy (non-hydrogen) atoms. The first kappa shape index (κ1) is 22.5. The third-order valence-corrected chi connectivity index (χ3v) is 6.31. The summed E-state index contributed by atoms with van der Waals surface area (Å²) in [6.07, 6.45) is 0. The predicted octanol–water partition coefficient (Wildman–Crippen LogP) is 1.71. The molecule has 8 nitrogen and oxygen atoms in total. The second kappa shape index (κ2) is 9.62. The number of amides is 1. The smallest absolute Gasteiger partial charge is 0.242 e. The molecule has 2 rings (SSSR count). The van der Waals surface area contributed by atoms with Crippen molar-refractivity contribution in [1.29, 1.82) is 0 Å². The van der Waals surface area contributed by atoms with Gasteiger partial charge in [0, 0.05) is 39.4 Å². The number of carbonyl (C=O) groups is 1. The van der Waals surface area contributed by atoms with Crippen LogP contribution in [0.4, 0.5) is 5.69 Å². The molecule has 0 radical (unpaired) electrons. The number of hydrogen-bond acceptors (Lipinski definition) is 6. The van der Waals surface area contributed by atoms with Gasteiger partial charge < -0.3 is 19.7 Å². The molecule has 0 spiro atoms. The molecule has 2 aromatic rings. The van der Waals surface area contributed by atoms with Crippen molar-refractivity contribution in [2.75, 3.05) is 46.8 Å². The number of nitrogens with one attached hydrogen (secondary N) is 1. The van der Waals surface area contributed by atoms with Gasteiger partial charge in [-0.3, -0.25) is 4.79 Å². The minimum absolute atomic E-state index is 0.0953. The van der Waals surface area contributed by atoms with E-state index in [-0.39, 0.29) is 23.9 Å². The number of nitrogens with zero attached hydrogens (tertiary/aromatic N) is 2. The number of sulfonamides is 1. The molecular weight excluding hydrogens is 394 g/mol. The van der Waals surface area contributed by atoms with Gasteiger partial charge in [0.2, 0.25) is 15.9 Å². The van der Waals surface area contributed by atoms with Crippen molar-refractivity contribution in [3.8, 4) is 11.5 Å². The summed E-state index contributed by atoms with van der Waals surface area (Å²) in [5.41, 5.74) is 1.32. The van der Waals surface area contributed by atoms with Crippen LogP contribution in [0.2, 0.25) is 0 Å². The molecule has 0 fully saturated rings. The lowest BCUT2D eigenvalue weighted by molar-refractivity contribution is -0.119. The summed E-state index contributed by atoms with van der Waals surface area (Å²) in [4.78, 5) is 14.3. The molecule has 1 N–H and O–H groups in total. The van der Waals surface area contributed by atoms with Crippen LogP contribution in [-0.2, 0) is 21.4 Å². The largest absolute Gasteiger partial charge is 0.493 e. The normalized spacial score (nSPS) is 11.2. The van der Waals surface area contributed by atoms with Crippen molar-refractivity contribution >= 4 is 21.6 Å². The van der Waals surface area contributed by atoms with E-state index in [1.54, 1.807) is 56.5 Å². The first-order chi connectivity index (χ1) is 13.7. The number of likely N-dealkylation sites (N-methyl/N-ethyl adjacent to an activating group) is 1. The van der Waals surface area contributed by atoms with Crippen molar-refractivity contribution in [2.24, 2.45) is 0 Å². The summed E-state index contributed by atoms with van der Waals surface area (Å²) < 4.78 is 36.6. The number of ether oxygens (including phenoxy) is 2. The Hall–Kier alpha value is -2.78. The lowest BCUT2D eigenvalue weighted by Gasteiger charge is -2.20. The van der Waals surface area contributed by atoms with Crippen molar-refractivity contribution < 1.29 is 22.7 Å². The van der Waals surface area contributed by atoms with E-state index in [4.69, 9.17) is 9.47 Å². The molecule has 0 saturated heterocycles. The van der Waals surface area contributed by atoms with Crippen LogP contribution >= 0.6 is 0 Å². The number of carbonyl (C=O) groups excluding carboxylic acids is 1. The van der Waals surface area contributed by atoms with E-state index in [1.807, 2.05) is 6.07 Å². The number of anilines is 1. The summed E-state index contributed by atoms with van der Waals surface area (Å²) >= 11 is 0. The Morgan fingerprint density at radius 3 is 2.28 bits per heavy atom. The van der Waals surface area contributed by atoms with Crippen LogP contribution in [0.5, 0.6) is 11.5 Å². The van der Waals surface area contributed by atoms with Crippen molar-refractivity contribution in [3.05, 3.63) is 48.0 Å². The van der Waals surface area contributed by atoms with E-state index in [1.165, 1.54) is 20.2 Å². The van der Waals surface area contributed by atoms with Gasteiger partial charge in [0.1, 0.15) is 0 Å². The zero-order valence-corrected chi connectivity index (χ0v) is 18.1. The number of methoxy groups -OCH3 is 2. The average molecular weight is 422 g/mol. The molecule has 158 valence electrons. The van der Waals surface area contributed by atoms with Gasteiger partial charge in [-0.15, -0.1) is 0 Å². The third kappa shape index (κ3) is 5.39. The zero-order chi connectivity index (χ0) is 21.6. The first-order valence-electron chi connectivity index (χ1n) is 8.91. The second-order valence-electron chi connectivity index (χ2n) is 6.57. The van der Waals surface area contributed by atoms with Gasteiger partial charge in [-0.05, 0) is 23.8 Å². The minimum Gasteiger partial charge on any atom is -0.493 e. The van der Waals surface area contributed by atoms with Gasteiger partial charge in [0.25, 0.3) is 0 Å². The van der Waals surface area contributed by atoms with E-state index in [9.17, 15) is 13.2 Å². The molecule has 2 aromatic carbocycles. The fraction of sp³-hybridized carbons (Fsp3) is 0.350. The molecule has 0 aliphatic heterocycles. The molecule has 0 bridgehead atoms. The predicted molar refractivity (Wildman–Crippen MR) is 112 cm³/mol. The minimum atomic E-state index is -3.59. The van der Waals surface area contributed by atoms with Crippen LogP contribution in [0.1, 0.15) is 5.56 Å². The molecule has 9 heteroatoms. The van der Waals surface area contributed by atoms with Crippen LogP contribution < -0.4 is 19.7 Å². The van der Waals surface area contributed by atoms with Crippen LogP contribution in [0, 0.1) is 0 Å². The third-order valence-electron chi connectivity index (χ3n) is 4.40. The number of benzene rings is 2. The second-order valence-corrected chi connectivity index (χ2v) is 8.69. The maximum absolute atomic E-state index is 12.5. The number of rotatable bonds is 9. The maximum atomic E-state index is 12.5. The molecule has 0 unspecified atom stereocenters. The molecule has 0 aromatic heterocycles. The van der Waals surface area contributed by atoms with Crippen LogP contribution in [0.15, 0.2) is 47.4 Å². The van der Waals surface area contributed by atoms with Crippen molar-refractivity contribution in [1.82, 2.24) is 9.62 Å². The van der Waals surface area contributed by atoms with E-state index >= 15 is 0 Å². The highest BCUT2D eigenvalue weighted by Gasteiger charge is 2.21. The van der Waals surface area contributed by atoms with Gasteiger partial charge in [-0.1, -0.05) is 18.2 Å². The summed E-state index contributed by atoms with van der Waals surface area (Å²) in [5, 5.41) is 2.78. The molecule has 1 amide bonds.